The fraction of sp³-hybridized carbons (Fsp3) is 0.500. The van der Waals surface area contributed by atoms with Gasteiger partial charge < -0.3 is 5.11 Å². The molecule has 1 atom stereocenters. The molecule has 66 valence electrons. The van der Waals surface area contributed by atoms with Crippen LogP contribution in [0, 0.1) is 6.92 Å². The summed E-state index contributed by atoms with van der Waals surface area (Å²) in [6, 6.07) is 0. The number of aliphatic hydroxyl groups is 1. The number of hydrogen-bond acceptors (Lipinski definition) is 3. The Labute approximate surface area is 70.5 Å². The van der Waals surface area contributed by atoms with Gasteiger partial charge in [-0.25, -0.2) is 9.78 Å². The lowest BCUT2D eigenvalue weighted by Crippen LogP contribution is -2.26. The molecule has 1 N–H and O–H groups in total. The third kappa shape index (κ3) is 2.17. The lowest BCUT2D eigenvalue weighted by atomic mass is 10.3. The predicted molar refractivity (Wildman–Crippen MR) is 44.9 cm³/mol. The van der Waals surface area contributed by atoms with Crippen molar-refractivity contribution in [2.75, 3.05) is 0 Å². The van der Waals surface area contributed by atoms with Crippen molar-refractivity contribution in [3.63, 3.8) is 0 Å². The van der Waals surface area contributed by atoms with Crippen LogP contribution in [0.2, 0.25) is 0 Å². The quantitative estimate of drug-likeness (QED) is 0.672. The molecule has 0 saturated carbocycles. The smallest absolute Gasteiger partial charge is 0.347 e. The Morgan fingerprint density at radius 1 is 1.75 bits per heavy atom. The van der Waals surface area contributed by atoms with Gasteiger partial charge in [0.25, 0.3) is 0 Å². The Hall–Kier alpha value is -1.16. The van der Waals surface area contributed by atoms with Crippen molar-refractivity contribution < 1.29 is 5.11 Å². The van der Waals surface area contributed by atoms with E-state index in [4.69, 9.17) is 5.11 Å². The topological polar surface area (TPSA) is 55.1 Å². The first-order chi connectivity index (χ1) is 5.59. The molecule has 1 aromatic heterocycles. The summed E-state index contributed by atoms with van der Waals surface area (Å²) in [7, 11) is 0. The highest BCUT2D eigenvalue weighted by Crippen LogP contribution is 1.91. The van der Waals surface area contributed by atoms with Gasteiger partial charge in [0.15, 0.2) is 0 Å². The molecule has 0 spiro atoms. The molecular weight excluding hydrogens is 156 g/mol. The van der Waals surface area contributed by atoms with Crippen LogP contribution in [-0.4, -0.2) is 20.8 Å². The average molecular weight is 168 g/mol. The van der Waals surface area contributed by atoms with Crippen LogP contribution >= 0.6 is 0 Å². The molecule has 1 rings (SSSR count). The van der Waals surface area contributed by atoms with Crippen LogP contribution in [0.25, 0.3) is 0 Å². The molecule has 1 aromatic rings. The van der Waals surface area contributed by atoms with Crippen molar-refractivity contribution in [3.05, 3.63) is 28.4 Å². The number of hydrogen-bond donors (Lipinski definition) is 1. The zero-order chi connectivity index (χ0) is 9.14. The van der Waals surface area contributed by atoms with E-state index in [1.165, 1.54) is 10.8 Å². The Morgan fingerprint density at radius 2 is 2.42 bits per heavy atom. The van der Waals surface area contributed by atoms with Crippen molar-refractivity contribution in [2.24, 2.45) is 0 Å². The Bertz CT molecular complexity index is 317. The van der Waals surface area contributed by atoms with Crippen LogP contribution in [0.15, 0.2) is 17.2 Å². The summed E-state index contributed by atoms with van der Waals surface area (Å²) in [5.41, 5.74) is 0.594. The maximum atomic E-state index is 11.0. The third-order valence-electron chi connectivity index (χ3n) is 1.44. The Kier molecular flexibility index (Phi) is 2.60. The molecule has 4 heteroatoms. The van der Waals surface area contributed by atoms with Gasteiger partial charge in [-0.1, -0.05) is 0 Å². The molecule has 0 aliphatic heterocycles. The maximum Gasteiger partial charge on any atom is 0.347 e. The normalized spacial score (nSPS) is 12.9. The van der Waals surface area contributed by atoms with Gasteiger partial charge in [0.1, 0.15) is 0 Å². The molecule has 0 fully saturated rings. The average Bonchev–Trinajstić information content (AvgIpc) is 1.96. The van der Waals surface area contributed by atoms with Crippen LogP contribution in [0.3, 0.4) is 0 Å². The fourth-order valence-electron chi connectivity index (χ4n) is 0.981. The van der Waals surface area contributed by atoms with Crippen molar-refractivity contribution in [1.29, 1.82) is 0 Å². The van der Waals surface area contributed by atoms with E-state index >= 15 is 0 Å². The highest BCUT2D eigenvalue weighted by molar-refractivity contribution is 4.99. The molecule has 0 bridgehead atoms. The van der Waals surface area contributed by atoms with Gasteiger partial charge in [0.05, 0.1) is 12.6 Å². The molecule has 1 unspecified atom stereocenters. The van der Waals surface area contributed by atoms with Crippen molar-refractivity contribution in [2.45, 2.75) is 26.5 Å². The van der Waals surface area contributed by atoms with E-state index in [1.54, 1.807) is 13.1 Å². The second kappa shape index (κ2) is 3.49. The molecule has 0 aromatic carbocycles. The van der Waals surface area contributed by atoms with Crippen LogP contribution < -0.4 is 5.69 Å². The molecular formula is C8H12N2O2. The number of nitrogens with zero attached hydrogens (tertiary/aromatic N) is 2. The van der Waals surface area contributed by atoms with Gasteiger partial charge >= 0.3 is 5.69 Å². The first kappa shape index (κ1) is 8.93. The lowest BCUT2D eigenvalue weighted by molar-refractivity contribution is 0.171. The SMILES string of the molecule is Cc1cnc(=O)n(CC(C)O)c1. The molecule has 0 aliphatic rings. The summed E-state index contributed by atoms with van der Waals surface area (Å²) in [6.45, 7) is 3.78. The first-order valence-corrected chi connectivity index (χ1v) is 3.81. The number of aromatic nitrogens is 2. The molecule has 0 amide bonds. The summed E-state index contributed by atoms with van der Waals surface area (Å²) in [6.07, 6.45) is 2.68. The predicted octanol–water partition coefficient (Wildman–Crippen LogP) is -0.0675. The van der Waals surface area contributed by atoms with Gasteiger partial charge in [-0.3, -0.25) is 4.57 Å². The van der Waals surface area contributed by atoms with Crippen molar-refractivity contribution in [1.82, 2.24) is 9.55 Å². The Morgan fingerprint density at radius 3 is 3.00 bits per heavy atom. The lowest BCUT2D eigenvalue weighted by Gasteiger charge is -2.06. The zero-order valence-corrected chi connectivity index (χ0v) is 7.19. The van der Waals surface area contributed by atoms with E-state index in [0.717, 1.165) is 5.56 Å². The van der Waals surface area contributed by atoms with E-state index < -0.39 is 6.10 Å². The third-order valence-corrected chi connectivity index (χ3v) is 1.44. The van der Waals surface area contributed by atoms with Gasteiger partial charge in [-0.15, -0.1) is 0 Å². The van der Waals surface area contributed by atoms with Gasteiger partial charge in [-0.2, -0.15) is 0 Å². The summed E-state index contributed by atoms with van der Waals surface area (Å²) in [5, 5.41) is 9.03. The van der Waals surface area contributed by atoms with Gasteiger partial charge in [0, 0.05) is 12.4 Å². The molecule has 0 saturated heterocycles. The summed E-state index contributed by atoms with van der Waals surface area (Å²) >= 11 is 0. The second-order valence-electron chi connectivity index (χ2n) is 2.92. The van der Waals surface area contributed by atoms with E-state index in [2.05, 4.69) is 4.98 Å². The summed E-state index contributed by atoms with van der Waals surface area (Å²) < 4.78 is 1.40. The minimum atomic E-state index is -0.522. The second-order valence-corrected chi connectivity index (χ2v) is 2.92. The minimum Gasteiger partial charge on any atom is -0.392 e. The molecule has 1 heterocycles. The highest BCUT2D eigenvalue weighted by atomic mass is 16.3. The number of rotatable bonds is 2. The number of aryl methyl sites for hydroxylation is 1. The van der Waals surface area contributed by atoms with Crippen LogP contribution in [-0.2, 0) is 6.54 Å². The minimum absolute atomic E-state index is 0.299. The van der Waals surface area contributed by atoms with E-state index in [1.807, 2.05) is 6.92 Å². The van der Waals surface area contributed by atoms with Crippen LogP contribution in [0.4, 0.5) is 0 Å². The summed E-state index contributed by atoms with van der Waals surface area (Å²) in [5.74, 6) is 0. The van der Waals surface area contributed by atoms with Gasteiger partial charge in [-0.05, 0) is 19.4 Å². The van der Waals surface area contributed by atoms with Crippen molar-refractivity contribution >= 4 is 0 Å². The van der Waals surface area contributed by atoms with Crippen LogP contribution in [0.1, 0.15) is 12.5 Å². The largest absolute Gasteiger partial charge is 0.392 e. The summed E-state index contributed by atoms with van der Waals surface area (Å²) in [4.78, 5) is 14.7. The standard InChI is InChI=1S/C8H12N2O2/c1-6-3-9-8(12)10(4-6)5-7(2)11/h3-4,7,11H,5H2,1-2H3. The van der Waals surface area contributed by atoms with Gasteiger partial charge in [0.2, 0.25) is 0 Å². The number of aliphatic hydroxyl groups excluding tert-OH is 1. The monoisotopic (exact) mass is 168 g/mol. The molecule has 0 radical (unpaired) electrons. The first-order valence-electron chi connectivity index (χ1n) is 3.81. The van der Waals surface area contributed by atoms with E-state index in [-0.39, 0.29) is 5.69 Å². The zero-order valence-electron chi connectivity index (χ0n) is 7.19. The van der Waals surface area contributed by atoms with E-state index in [0.29, 0.717) is 6.54 Å². The molecule has 4 nitrogen and oxygen atoms in total. The molecule has 12 heavy (non-hydrogen) atoms. The Balaban J connectivity index is 2.98. The van der Waals surface area contributed by atoms with Crippen molar-refractivity contribution in [3.8, 4) is 0 Å². The maximum absolute atomic E-state index is 11.0. The highest BCUT2D eigenvalue weighted by Gasteiger charge is 2.00. The van der Waals surface area contributed by atoms with E-state index in [9.17, 15) is 4.79 Å². The molecule has 0 aliphatic carbocycles. The van der Waals surface area contributed by atoms with Crippen LogP contribution in [0.5, 0.6) is 0 Å². The fourth-order valence-corrected chi connectivity index (χ4v) is 0.981.